The second kappa shape index (κ2) is 9.43. The van der Waals surface area contributed by atoms with Crippen LogP contribution in [-0.4, -0.2) is 0 Å². The summed E-state index contributed by atoms with van der Waals surface area (Å²) in [6.07, 6.45) is 0. The van der Waals surface area contributed by atoms with Crippen molar-refractivity contribution in [1.82, 2.24) is 0 Å². The van der Waals surface area contributed by atoms with Crippen molar-refractivity contribution in [2.45, 2.75) is 52.4 Å². The van der Waals surface area contributed by atoms with Crippen LogP contribution in [0.5, 0.6) is 0 Å². The summed E-state index contributed by atoms with van der Waals surface area (Å²) >= 11 is 0. The van der Waals surface area contributed by atoms with E-state index in [0.717, 1.165) is 60.0 Å². The Morgan fingerprint density at radius 1 is 0.465 bits per heavy atom. The van der Waals surface area contributed by atoms with Gasteiger partial charge in [0.25, 0.3) is 0 Å². The van der Waals surface area contributed by atoms with Gasteiger partial charge in [-0.05, 0) is 58.4 Å². The lowest BCUT2D eigenvalue weighted by Gasteiger charge is -2.45. The van der Waals surface area contributed by atoms with Gasteiger partial charge in [0, 0.05) is 31.8 Å². The Bertz CT molecular complexity index is 1860. The Morgan fingerprint density at radius 3 is 1.23 bits per heavy atom. The summed E-state index contributed by atoms with van der Waals surface area (Å²) in [4.78, 5) is 2.28. The van der Waals surface area contributed by atoms with Crippen LogP contribution >= 0.6 is 14.3 Å². The molecule has 0 saturated heterocycles. The van der Waals surface area contributed by atoms with Gasteiger partial charge >= 0.3 is 0 Å². The molecule has 7 rings (SSSR count). The summed E-state index contributed by atoms with van der Waals surface area (Å²) in [6, 6.07) is 38.5. The van der Waals surface area contributed by atoms with E-state index in [0.29, 0.717) is 0 Å². The van der Waals surface area contributed by atoms with Crippen molar-refractivity contribution in [1.29, 1.82) is 0 Å². The van der Waals surface area contributed by atoms with E-state index >= 15 is 9.13 Å². The average Bonchev–Trinajstić information content (AvgIpc) is 3.00. The molecule has 2 aliphatic heterocycles. The molecule has 0 aliphatic carbocycles. The van der Waals surface area contributed by atoms with Crippen LogP contribution in [0, 0.1) is 0 Å². The maximum Gasteiger partial charge on any atom is 0.175 e. The van der Waals surface area contributed by atoms with Crippen molar-refractivity contribution in [3.8, 4) is 0 Å². The van der Waals surface area contributed by atoms with E-state index in [1.54, 1.807) is 0 Å². The third kappa shape index (κ3) is 4.02. The van der Waals surface area contributed by atoms with Crippen LogP contribution in [0.15, 0.2) is 115 Å². The molecule has 43 heavy (non-hydrogen) atoms. The zero-order chi connectivity index (χ0) is 30.4. The third-order valence-electron chi connectivity index (χ3n) is 8.98. The lowest BCUT2D eigenvalue weighted by atomic mass is 9.86. The number of anilines is 3. The first-order chi connectivity index (χ1) is 20.4. The molecule has 0 radical (unpaired) electrons. The molecule has 216 valence electrons. The SMILES string of the molecule is CC(C)(C)c1ccc2c(c1)N1c3cc(C(C)(C)C)ccc3P(=O)(c3ccccc3)c3cccc(c31)P2(=O)c1ccccc1. The van der Waals surface area contributed by atoms with Gasteiger partial charge in [-0.15, -0.1) is 0 Å². The molecule has 0 N–H and O–H groups in total. The lowest BCUT2D eigenvalue weighted by molar-refractivity contribution is 0.587. The van der Waals surface area contributed by atoms with Gasteiger partial charge in [-0.1, -0.05) is 120 Å². The zero-order valence-corrected chi connectivity index (χ0v) is 27.4. The fourth-order valence-electron chi connectivity index (χ4n) is 6.59. The maximum absolute atomic E-state index is 15.8. The second-order valence-corrected chi connectivity index (χ2v) is 19.2. The summed E-state index contributed by atoms with van der Waals surface area (Å²) in [7, 11) is -6.66. The number of para-hydroxylation sites is 1. The van der Waals surface area contributed by atoms with E-state index in [1.165, 1.54) is 0 Å². The first kappa shape index (κ1) is 28.1. The molecule has 5 aromatic carbocycles. The molecular weight excluding hydrogens is 564 g/mol. The van der Waals surface area contributed by atoms with Crippen molar-refractivity contribution in [3.05, 3.63) is 126 Å². The predicted molar refractivity (Wildman–Crippen MR) is 184 cm³/mol. The molecule has 2 heterocycles. The highest BCUT2D eigenvalue weighted by molar-refractivity contribution is 7.88. The summed E-state index contributed by atoms with van der Waals surface area (Å²) in [5.74, 6) is 0. The Morgan fingerprint density at radius 2 is 0.860 bits per heavy atom. The van der Waals surface area contributed by atoms with Crippen LogP contribution in [0.25, 0.3) is 0 Å². The van der Waals surface area contributed by atoms with Crippen molar-refractivity contribution >= 4 is 63.2 Å². The highest BCUT2D eigenvalue weighted by atomic mass is 31.2. The molecule has 5 heteroatoms. The molecule has 0 fully saturated rings. The number of hydrogen-bond donors (Lipinski definition) is 0. The van der Waals surface area contributed by atoms with Crippen LogP contribution in [0.2, 0.25) is 0 Å². The minimum atomic E-state index is -3.33. The highest BCUT2D eigenvalue weighted by Gasteiger charge is 2.49. The van der Waals surface area contributed by atoms with Crippen LogP contribution in [0.4, 0.5) is 17.1 Å². The molecule has 5 aromatic rings. The Kier molecular flexibility index (Phi) is 6.17. The number of rotatable bonds is 2. The predicted octanol–water partition coefficient (Wildman–Crippen LogP) is 7.66. The number of fused-ring (bicyclic) bond motifs is 4. The van der Waals surface area contributed by atoms with Gasteiger partial charge in [0.05, 0.1) is 17.1 Å². The number of nitrogens with zero attached hydrogens (tertiary/aromatic N) is 1. The monoisotopic (exact) mass is 601 g/mol. The van der Waals surface area contributed by atoms with Crippen LogP contribution in [0.1, 0.15) is 52.7 Å². The van der Waals surface area contributed by atoms with Crippen LogP contribution in [0.3, 0.4) is 0 Å². The van der Waals surface area contributed by atoms with Gasteiger partial charge in [-0.25, -0.2) is 0 Å². The minimum Gasteiger partial charge on any atom is -0.308 e. The molecule has 3 nitrogen and oxygen atoms in total. The van der Waals surface area contributed by atoms with E-state index < -0.39 is 14.3 Å². The summed E-state index contributed by atoms with van der Waals surface area (Å²) in [5.41, 5.74) is 4.72. The van der Waals surface area contributed by atoms with Gasteiger partial charge < -0.3 is 14.0 Å². The summed E-state index contributed by atoms with van der Waals surface area (Å²) < 4.78 is 31.7. The van der Waals surface area contributed by atoms with Crippen molar-refractivity contribution in [2.24, 2.45) is 0 Å². The van der Waals surface area contributed by atoms with Crippen molar-refractivity contribution in [3.63, 3.8) is 0 Å². The summed E-state index contributed by atoms with van der Waals surface area (Å²) in [5, 5.41) is 4.71. The van der Waals surface area contributed by atoms with E-state index in [4.69, 9.17) is 0 Å². The van der Waals surface area contributed by atoms with E-state index in [-0.39, 0.29) is 10.8 Å². The topological polar surface area (TPSA) is 37.4 Å². The quantitative estimate of drug-likeness (QED) is 0.191. The van der Waals surface area contributed by atoms with Crippen molar-refractivity contribution < 1.29 is 9.13 Å². The minimum absolute atomic E-state index is 0.114. The molecular formula is C38H37NO2P2. The molecule has 0 saturated carbocycles. The fourth-order valence-corrected chi connectivity index (χ4v) is 12.7. The molecule has 2 aliphatic rings. The normalized spacial score (nSPS) is 20.7. The molecule has 0 aromatic heterocycles. The van der Waals surface area contributed by atoms with Crippen LogP contribution in [-0.2, 0) is 20.0 Å². The largest absolute Gasteiger partial charge is 0.308 e. The Labute approximate surface area is 255 Å². The molecule has 0 bridgehead atoms. The maximum atomic E-state index is 15.8. The Balaban J connectivity index is 1.68. The van der Waals surface area contributed by atoms with Gasteiger partial charge in [-0.2, -0.15) is 0 Å². The Hall–Kier alpha value is -3.64. The van der Waals surface area contributed by atoms with E-state index in [2.05, 4.69) is 82.8 Å². The first-order valence-corrected chi connectivity index (χ1v) is 18.3. The second-order valence-electron chi connectivity index (χ2n) is 13.8. The number of hydrogen-bond acceptors (Lipinski definition) is 3. The van der Waals surface area contributed by atoms with Gasteiger partial charge in [-0.3, -0.25) is 0 Å². The smallest absolute Gasteiger partial charge is 0.175 e. The van der Waals surface area contributed by atoms with Gasteiger partial charge in [0.15, 0.2) is 14.3 Å². The van der Waals surface area contributed by atoms with Crippen LogP contribution < -0.4 is 36.7 Å². The third-order valence-corrected chi connectivity index (χ3v) is 15.2. The number of benzene rings is 5. The molecule has 0 spiro atoms. The van der Waals surface area contributed by atoms with Gasteiger partial charge in [0.1, 0.15) is 0 Å². The zero-order valence-electron chi connectivity index (χ0n) is 25.6. The lowest BCUT2D eigenvalue weighted by Crippen LogP contribution is -2.46. The van der Waals surface area contributed by atoms with Gasteiger partial charge in [0.2, 0.25) is 0 Å². The van der Waals surface area contributed by atoms with Crippen molar-refractivity contribution in [2.75, 3.05) is 4.90 Å². The highest BCUT2D eigenvalue weighted by Crippen LogP contribution is 2.60. The molecule has 0 amide bonds. The first-order valence-electron chi connectivity index (χ1n) is 14.9. The standard InChI is InChI=1S/C38H37NO2P2/c1-37(2,3)26-20-22-32-30(24-26)39-31-25-27(38(4,5)6)21-23-33(31)43(41,29-16-11-8-12-17-29)35-19-13-18-34(36(35)39)42(32,40)28-14-9-7-10-15-28/h7-25H,1-6H3. The average molecular weight is 602 g/mol. The molecule has 2 unspecified atom stereocenters. The molecule has 2 atom stereocenters. The fraction of sp³-hybridized carbons (Fsp3) is 0.211. The summed E-state index contributed by atoms with van der Waals surface area (Å²) in [6.45, 7) is 13.2. The van der Waals surface area contributed by atoms with E-state index in [1.807, 2.05) is 78.9 Å². The van der Waals surface area contributed by atoms with E-state index in [9.17, 15) is 0 Å².